The number of carboxylic acid groups (broad SMARTS) is 1. The van der Waals surface area contributed by atoms with Gasteiger partial charge in [-0.1, -0.05) is 18.2 Å². The Hall–Kier alpha value is -2.13. The fraction of sp³-hybridized carbons (Fsp3) is 0.444. The van der Waals surface area contributed by atoms with Crippen LogP contribution < -0.4 is 5.32 Å². The molecule has 0 atom stereocenters. The van der Waals surface area contributed by atoms with Crippen molar-refractivity contribution in [2.45, 2.75) is 42.9 Å². The number of nitrogens with zero attached hydrogens (tertiary/aromatic N) is 1. The van der Waals surface area contributed by atoms with Crippen LogP contribution in [0.5, 0.6) is 0 Å². The fourth-order valence-electron chi connectivity index (χ4n) is 2.30. The highest BCUT2D eigenvalue weighted by Gasteiger charge is 2.09. The molecule has 146 valence electrons. The van der Waals surface area contributed by atoms with Gasteiger partial charge in [0.15, 0.2) is 4.34 Å². The van der Waals surface area contributed by atoms with Gasteiger partial charge in [-0.05, 0) is 31.0 Å². The lowest BCUT2D eigenvalue weighted by atomic mass is 10.2. The number of thioether (sulfide) groups is 1. The summed E-state index contributed by atoms with van der Waals surface area (Å²) < 4.78 is 6.55. The number of carboxylic acids is 1. The van der Waals surface area contributed by atoms with Crippen LogP contribution in [-0.2, 0) is 19.1 Å². The van der Waals surface area contributed by atoms with Crippen molar-refractivity contribution >= 4 is 56.8 Å². The van der Waals surface area contributed by atoms with Gasteiger partial charge in [0.1, 0.15) is 0 Å². The predicted molar refractivity (Wildman–Crippen MR) is 106 cm³/mol. The summed E-state index contributed by atoms with van der Waals surface area (Å²) in [6, 6.07) is 5.47. The Morgan fingerprint density at radius 1 is 1.19 bits per heavy atom. The van der Waals surface area contributed by atoms with Crippen LogP contribution in [0.3, 0.4) is 0 Å². The predicted octanol–water partition coefficient (Wildman–Crippen LogP) is 3.93. The first kappa shape index (κ1) is 21.2. The quantitative estimate of drug-likeness (QED) is 0.328. The third kappa shape index (κ3) is 7.56. The van der Waals surface area contributed by atoms with Gasteiger partial charge in [-0.15, -0.1) is 11.3 Å². The third-order valence-electron chi connectivity index (χ3n) is 3.70. The number of esters is 1. The van der Waals surface area contributed by atoms with Gasteiger partial charge in [-0.2, -0.15) is 0 Å². The van der Waals surface area contributed by atoms with Gasteiger partial charge in [0, 0.05) is 24.3 Å². The molecular weight excluding hydrogens is 388 g/mol. The summed E-state index contributed by atoms with van der Waals surface area (Å²) in [5, 5.41) is 11.3. The van der Waals surface area contributed by atoms with E-state index in [-0.39, 0.29) is 24.7 Å². The van der Waals surface area contributed by atoms with E-state index in [4.69, 9.17) is 5.11 Å². The number of carbonyl (C=O) groups excluding carboxylic acids is 2. The molecule has 0 unspecified atom stereocenters. The SMILES string of the molecule is COC(=O)CCCCCSc1nc2ccc(NC(=O)CCC(=O)O)cc2s1. The number of benzene rings is 1. The molecule has 2 rings (SSSR count). The number of aromatic nitrogens is 1. The monoisotopic (exact) mass is 410 g/mol. The minimum Gasteiger partial charge on any atom is -0.481 e. The molecule has 1 aromatic heterocycles. The van der Waals surface area contributed by atoms with E-state index in [1.165, 1.54) is 7.11 Å². The number of hydrogen-bond acceptors (Lipinski definition) is 7. The topological polar surface area (TPSA) is 106 Å². The van der Waals surface area contributed by atoms with Crippen LogP contribution in [0.1, 0.15) is 38.5 Å². The largest absolute Gasteiger partial charge is 0.481 e. The number of fused-ring (bicyclic) bond motifs is 1. The number of aliphatic carboxylic acids is 1. The number of anilines is 1. The van der Waals surface area contributed by atoms with Crippen molar-refractivity contribution in [3.8, 4) is 0 Å². The summed E-state index contributed by atoms with van der Waals surface area (Å²) in [6.45, 7) is 0. The fourth-order valence-corrected chi connectivity index (χ4v) is 4.47. The van der Waals surface area contributed by atoms with Crippen LogP contribution in [0.15, 0.2) is 22.5 Å². The molecule has 0 saturated heterocycles. The first-order valence-corrected chi connectivity index (χ1v) is 10.4. The lowest BCUT2D eigenvalue weighted by Crippen LogP contribution is -2.12. The summed E-state index contributed by atoms with van der Waals surface area (Å²) in [5.74, 6) is -0.544. The molecule has 0 aliphatic heterocycles. The van der Waals surface area contributed by atoms with Gasteiger partial charge in [0.2, 0.25) is 5.91 Å². The normalized spacial score (nSPS) is 10.7. The van der Waals surface area contributed by atoms with E-state index in [1.54, 1.807) is 29.2 Å². The summed E-state index contributed by atoms with van der Waals surface area (Å²) in [6.07, 6.45) is 3.03. The molecule has 0 radical (unpaired) electrons. The maximum Gasteiger partial charge on any atom is 0.305 e. The molecule has 1 heterocycles. The lowest BCUT2D eigenvalue weighted by Gasteiger charge is -2.03. The molecule has 0 aliphatic rings. The van der Waals surface area contributed by atoms with Crippen LogP contribution in [0, 0.1) is 0 Å². The van der Waals surface area contributed by atoms with Crippen molar-refractivity contribution in [2.24, 2.45) is 0 Å². The number of rotatable bonds is 11. The number of methoxy groups -OCH3 is 1. The second-order valence-corrected chi connectivity index (χ2v) is 8.21. The summed E-state index contributed by atoms with van der Waals surface area (Å²) in [7, 11) is 1.40. The van der Waals surface area contributed by atoms with E-state index in [0.29, 0.717) is 12.1 Å². The maximum atomic E-state index is 11.7. The molecule has 0 saturated carbocycles. The van der Waals surface area contributed by atoms with Gasteiger partial charge in [0.05, 0.1) is 23.7 Å². The molecule has 27 heavy (non-hydrogen) atoms. The molecule has 7 nitrogen and oxygen atoms in total. The molecule has 0 bridgehead atoms. The van der Waals surface area contributed by atoms with E-state index in [9.17, 15) is 14.4 Å². The Kier molecular flexibility index (Phi) is 8.53. The average molecular weight is 411 g/mol. The van der Waals surface area contributed by atoms with Gasteiger partial charge < -0.3 is 15.2 Å². The Morgan fingerprint density at radius 2 is 2.00 bits per heavy atom. The van der Waals surface area contributed by atoms with Crippen LogP contribution >= 0.6 is 23.1 Å². The Labute approximate surface area is 165 Å². The Morgan fingerprint density at radius 3 is 2.74 bits per heavy atom. The molecule has 1 aromatic carbocycles. The standard InChI is InChI=1S/C18H22N2O5S2/c1-25-17(24)5-3-2-4-10-26-18-20-13-7-6-12(11-14(13)27-18)19-15(21)8-9-16(22)23/h6-7,11H,2-5,8-10H2,1H3,(H,19,21)(H,22,23). The lowest BCUT2D eigenvalue weighted by molar-refractivity contribution is -0.140. The second kappa shape index (κ2) is 10.9. The van der Waals surface area contributed by atoms with Crippen molar-refractivity contribution in [1.29, 1.82) is 0 Å². The van der Waals surface area contributed by atoms with Crippen LogP contribution in [0.2, 0.25) is 0 Å². The highest BCUT2D eigenvalue weighted by molar-refractivity contribution is 8.01. The molecule has 1 amide bonds. The van der Waals surface area contributed by atoms with Crippen molar-refractivity contribution in [2.75, 3.05) is 18.2 Å². The van der Waals surface area contributed by atoms with Crippen LogP contribution in [-0.4, -0.2) is 40.8 Å². The van der Waals surface area contributed by atoms with E-state index >= 15 is 0 Å². The van der Waals surface area contributed by atoms with E-state index in [2.05, 4.69) is 15.0 Å². The number of thiazole rings is 1. The second-order valence-electron chi connectivity index (χ2n) is 5.84. The molecule has 2 aromatic rings. The molecule has 0 aliphatic carbocycles. The van der Waals surface area contributed by atoms with Crippen molar-refractivity contribution in [1.82, 2.24) is 4.98 Å². The Balaban J connectivity index is 1.80. The summed E-state index contributed by atoms with van der Waals surface area (Å²) in [5.41, 5.74) is 1.51. The molecule has 0 spiro atoms. The van der Waals surface area contributed by atoms with E-state index in [1.807, 2.05) is 12.1 Å². The number of hydrogen-bond donors (Lipinski definition) is 2. The van der Waals surface area contributed by atoms with Crippen LogP contribution in [0.25, 0.3) is 10.2 Å². The van der Waals surface area contributed by atoms with Gasteiger partial charge in [0.25, 0.3) is 0 Å². The first-order chi connectivity index (χ1) is 13.0. The number of unbranched alkanes of at least 4 members (excludes halogenated alkanes) is 2. The zero-order valence-electron chi connectivity index (χ0n) is 15.0. The van der Waals surface area contributed by atoms with Gasteiger partial charge in [-0.25, -0.2) is 4.98 Å². The summed E-state index contributed by atoms with van der Waals surface area (Å²) in [4.78, 5) is 37.8. The van der Waals surface area contributed by atoms with E-state index < -0.39 is 5.97 Å². The maximum absolute atomic E-state index is 11.7. The molecule has 2 N–H and O–H groups in total. The minimum atomic E-state index is -0.991. The van der Waals surface area contributed by atoms with Gasteiger partial charge in [-0.3, -0.25) is 14.4 Å². The highest BCUT2D eigenvalue weighted by atomic mass is 32.2. The summed E-state index contributed by atoms with van der Waals surface area (Å²) >= 11 is 3.24. The zero-order chi connectivity index (χ0) is 19.6. The zero-order valence-corrected chi connectivity index (χ0v) is 16.7. The average Bonchev–Trinajstić information content (AvgIpc) is 3.04. The van der Waals surface area contributed by atoms with Crippen molar-refractivity contribution in [3.63, 3.8) is 0 Å². The molecule has 9 heteroatoms. The number of amides is 1. The van der Waals surface area contributed by atoms with Crippen molar-refractivity contribution in [3.05, 3.63) is 18.2 Å². The molecule has 0 fully saturated rings. The first-order valence-electron chi connectivity index (χ1n) is 8.60. The highest BCUT2D eigenvalue weighted by Crippen LogP contribution is 2.31. The third-order valence-corrected chi connectivity index (χ3v) is 5.94. The van der Waals surface area contributed by atoms with Gasteiger partial charge >= 0.3 is 11.9 Å². The smallest absolute Gasteiger partial charge is 0.305 e. The molecular formula is C18H22N2O5S2. The Bertz CT molecular complexity index is 806. The minimum absolute atomic E-state index is 0.0485. The van der Waals surface area contributed by atoms with E-state index in [0.717, 1.165) is 39.6 Å². The van der Waals surface area contributed by atoms with Crippen LogP contribution in [0.4, 0.5) is 5.69 Å². The number of nitrogens with one attached hydrogen (secondary N) is 1. The van der Waals surface area contributed by atoms with Crippen molar-refractivity contribution < 1.29 is 24.2 Å². The number of ether oxygens (including phenoxy) is 1. The number of carbonyl (C=O) groups is 3.